The third-order valence-corrected chi connectivity index (χ3v) is 6.76. The van der Waals surface area contributed by atoms with Gasteiger partial charge in [-0.2, -0.15) is 4.99 Å². The third-order valence-electron chi connectivity index (χ3n) is 5.55. The first-order valence-electron chi connectivity index (χ1n) is 11.6. The number of anilines is 2. The van der Waals surface area contributed by atoms with Crippen LogP contribution in [-0.4, -0.2) is 59.3 Å². The molecule has 9 nitrogen and oxygen atoms in total. The molecule has 0 spiro atoms. The fraction of sp³-hybridized carbons (Fsp3) is 0.360. The summed E-state index contributed by atoms with van der Waals surface area (Å²) in [4.78, 5) is 43.7. The second-order valence-electron chi connectivity index (χ2n) is 8.01. The number of nitrogens with one attached hydrogen (secondary N) is 2. The molecular formula is C25H28N4O5S. The molecule has 3 amide bonds. The summed E-state index contributed by atoms with van der Waals surface area (Å²) in [6.07, 6.45) is 0.804. The molecule has 10 heteroatoms. The molecule has 1 unspecified atom stereocenters. The van der Waals surface area contributed by atoms with Crippen LogP contribution in [0, 0.1) is 0 Å². The standard InChI is InChI=1S/C25H28N4O5S/c1-3-29(4-2)25-28-24(32)21(35-25)15-22(30)26-17-8-5-7-16(13-17)23(31)27-18-9-10-19-20(14-18)34-12-6-11-33-19/h5,7-10,13-14,21H,3-4,6,11-12,15H2,1-2H3,(H,26,30)(H,27,31). The molecular weight excluding hydrogens is 468 g/mol. The van der Waals surface area contributed by atoms with Crippen molar-refractivity contribution in [3.05, 3.63) is 48.0 Å². The largest absolute Gasteiger partial charge is 0.490 e. The highest BCUT2D eigenvalue weighted by atomic mass is 32.2. The first-order valence-corrected chi connectivity index (χ1v) is 12.5. The van der Waals surface area contributed by atoms with Gasteiger partial charge in [0.1, 0.15) is 5.25 Å². The lowest BCUT2D eigenvalue weighted by molar-refractivity contribution is -0.121. The van der Waals surface area contributed by atoms with Gasteiger partial charge in [-0.15, -0.1) is 0 Å². The minimum atomic E-state index is -0.545. The van der Waals surface area contributed by atoms with Gasteiger partial charge in [-0.1, -0.05) is 17.8 Å². The first-order chi connectivity index (χ1) is 17.0. The van der Waals surface area contributed by atoms with E-state index in [0.29, 0.717) is 46.8 Å². The average Bonchev–Trinajstić information content (AvgIpc) is 3.04. The Morgan fingerprint density at radius 1 is 1.03 bits per heavy atom. The zero-order chi connectivity index (χ0) is 24.8. The monoisotopic (exact) mass is 496 g/mol. The van der Waals surface area contributed by atoms with Crippen LogP contribution < -0.4 is 20.1 Å². The normalized spacial score (nSPS) is 16.8. The van der Waals surface area contributed by atoms with Crippen molar-refractivity contribution in [3.8, 4) is 11.5 Å². The smallest absolute Gasteiger partial charge is 0.262 e. The Bertz CT molecular complexity index is 1150. The molecule has 2 aliphatic rings. The second-order valence-corrected chi connectivity index (χ2v) is 9.18. The summed E-state index contributed by atoms with van der Waals surface area (Å²) in [5, 5.41) is 5.74. The van der Waals surface area contributed by atoms with Crippen molar-refractivity contribution in [1.82, 2.24) is 4.90 Å². The van der Waals surface area contributed by atoms with Crippen molar-refractivity contribution in [2.75, 3.05) is 36.9 Å². The van der Waals surface area contributed by atoms with Crippen LogP contribution in [0.5, 0.6) is 11.5 Å². The fourth-order valence-corrected chi connectivity index (χ4v) is 4.89. The molecule has 0 fully saturated rings. The number of carbonyl (C=O) groups is 3. The van der Waals surface area contributed by atoms with Crippen molar-refractivity contribution < 1.29 is 23.9 Å². The number of hydrogen-bond acceptors (Lipinski definition) is 7. The molecule has 0 saturated carbocycles. The maximum atomic E-state index is 12.8. The average molecular weight is 497 g/mol. The van der Waals surface area contributed by atoms with Gasteiger partial charge in [-0.25, -0.2) is 0 Å². The number of amidine groups is 1. The Hall–Kier alpha value is -3.53. The maximum Gasteiger partial charge on any atom is 0.262 e. The van der Waals surface area contributed by atoms with Gasteiger partial charge < -0.3 is 25.0 Å². The van der Waals surface area contributed by atoms with Crippen LogP contribution in [0.4, 0.5) is 11.4 Å². The predicted molar refractivity (Wildman–Crippen MR) is 136 cm³/mol. The van der Waals surface area contributed by atoms with Gasteiger partial charge in [-0.3, -0.25) is 14.4 Å². The summed E-state index contributed by atoms with van der Waals surface area (Å²) in [5.74, 6) is 0.310. The number of amides is 3. The number of benzene rings is 2. The zero-order valence-corrected chi connectivity index (χ0v) is 20.5. The van der Waals surface area contributed by atoms with E-state index in [1.807, 2.05) is 18.7 Å². The minimum Gasteiger partial charge on any atom is -0.490 e. The van der Waals surface area contributed by atoms with Crippen molar-refractivity contribution in [2.24, 2.45) is 4.99 Å². The van der Waals surface area contributed by atoms with Gasteiger partial charge in [0.05, 0.1) is 13.2 Å². The number of nitrogens with zero attached hydrogens (tertiary/aromatic N) is 2. The van der Waals surface area contributed by atoms with Gasteiger partial charge in [0.2, 0.25) is 5.91 Å². The summed E-state index contributed by atoms with van der Waals surface area (Å²) < 4.78 is 11.3. The van der Waals surface area contributed by atoms with Crippen molar-refractivity contribution in [3.63, 3.8) is 0 Å². The molecule has 2 heterocycles. The van der Waals surface area contributed by atoms with Crippen molar-refractivity contribution in [1.29, 1.82) is 0 Å². The molecule has 2 N–H and O–H groups in total. The minimum absolute atomic E-state index is 0.00535. The summed E-state index contributed by atoms with van der Waals surface area (Å²) in [5.41, 5.74) is 1.43. The lowest BCUT2D eigenvalue weighted by Gasteiger charge is -2.19. The van der Waals surface area contributed by atoms with Gasteiger partial charge in [0.25, 0.3) is 11.8 Å². The molecule has 4 rings (SSSR count). The zero-order valence-electron chi connectivity index (χ0n) is 19.7. The summed E-state index contributed by atoms with van der Waals surface area (Å²) in [7, 11) is 0. The highest BCUT2D eigenvalue weighted by molar-refractivity contribution is 8.15. The van der Waals surface area contributed by atoms with E-state index in [-0.39, 0.29) is 24.1 Å². The van der Waals surface area contributed by atoms with Crippen molar-refractivity contribution >= 4 is 46.0 Å². The molecule has 2 aromatic rings. The SMILES string of the molecule is CCN(CC)C1=NC(=O)C(CC(=O)Nc2cccc(C(=O)Nc3ccc4c(c3)OCCCO4)c2)S1. The number of ether oxygens (including phenoxy) is 2. The van der Waals surface area contributed by atoms with E-state index < -0.39 is 5.25 Å². The van der Waals surface area contributed by atoms with Crippen LogP contribution in [0.15, 0.2) is 47.5 Å². The van der Waals surface area contributed by atoms with Gasteiger partial charge in [0.15, 0.2) is 16.7 Å². The number of thioether (sulfide) groups is 1. The summed E-state index contributed by atoms with van der Waals surface area (Å²) >= 11 is 1.32. The summed E-state index contributed by atoms with van der Waals surface area (Å²) in [6.45, 7) is 6.63. The van der Waals surface area contributed by atoms with Crippen LogP contribution in [0.2, 0.25) is 0 Å². The molecule has 0 radical (unpaired) electrons. The topological polar surface area (TPSA) is 109 Å². The van der Waals surface area contributed by atoms with Gasteiger partial charge in [-0.05, 0) is 44.2 Å². The van der Waals surface area contributed by atoms with E-state index in [1.54, 1.807) is 42.5 Å². The first kappa shape index (κ1) is 24.6. The van der Waals surface area contributed by atoms with E-state index in [9.17, 15) is 14.4 Å². The van der Waals surface area contributed by atoms with E-state index in [1.165, 1.54) is 11.8 Å². The highest BCUT2D eigenvalue weighted by Crippen LogP contribution is 2.32. The molecule has 184 valence electrons. The van der Waals surface area contributed by atoms with Crippen LogP contribution in [0.25, 0.3) is 0 Å². The Kier molecular flexibility index (Phi) is 7.91. The number of hydrogen-bond donors (Lipinski definition) is 2. The van der Waals surface area contributed by atoms with E-state index in [4.69, 9.17) is 9.47 Å². The van der Waals surface area contributed by atoms with Crippen LogP contribution >= 0.6 is 11.8 Å². The lowest BCUT2D eigenvalue weighted by atomic mass is 10.1. The van der Waals surface area contributed by atoms with Gasteiger partial charge >= 0.3 is 0 Å². The molecule has 2 aromatic carbocycles. The van der Waals surface area contributed by atoms with Crippen molar-refractivity contribution in [2.45, 2.75) is 31.9 Å². The molecule has 35 heavy (non-hydrogen) atoms. The Balaban J connectivity index is 1.35. The fourth-order valence-electron chi connectivity index (χ4n) is 3.70. The molecule has 2 aliphatic heterocycles. The molecule has 0 bridgehead atoms. The van der Waals surface area contributed by atoms with Crippen LogP contribution in [-0.2, 0) is 9.59 Å². The number of carbonyl (C=O) groups excluding carboxylic acids is 3. The summed E-state index contributed by atoms with van der Waals surface area (Å²) in [6, 6.07) is 11.9. The molecule has 0 aliphatic carbocycles. The van der Waals surface area contributed by atoms with E-state index in [2.05, 4.69) is 15.6 Å². The number of rotatable bonds is 7. The Morgan fingerprint density at radius 2 is 1.77 bits per heavy atom. The Morgan fingerprint density at radius 3 is 2.54 bits per heavy atom. The third kappa shape index (κ3) is 6.13. The van der Waals surface area contributed by atoms with Crippen LogP contribution in [0.1, 0.15) is 37.0 Å². The van der Waals surface area contributed by atoms with E-state index >= 15 is 0 Å². The number of aliphatic imine (C=N–C) groups is 1. The predicted octanol–water partition coefficient (Wildman–Crippen LogP) is 3.77. The quantitative estimate of drug-likeness (QED) is 0.601. The molecule has 1 atom stereocenters. The molecule has 0 saturated heterocycles. The highest BCUT2D eigenvalue weighted by Gasteiger charge is 2.32. The number of fused-ring (bicyclic) bond motifs is 1. The van der Waals surface area contributed by atoms with Crippen LogP contribution in [0.3, 0.4) is 0 Å². The Labute approximate surface area is 208 Å². The lowest BCUT2D eigenvalue weighted by Crippen LogP contribution is -2.27. The maximum absolute atomic E-state index is 12.8. The second kappa shape index (κ2) is 11.3. The van der Waals surface area contributed by atoms with E-state index in [0.717, 1.165) is 19.5 Å². The van der Waals surface area contributed by atoms with Gasteiger partial charge in [0, 0.05) is 48.9 Å². The molecule has 0 aromatic heterocycles.